The fourth-order valence-electron chi connectivity index (χ4n) is 2.40. The number of hydrogen-bond donors (Lipinski definition) is 2. The number of rotatable bonds is 4. The van der Waals surface area contributed by atoms with Gasteiger partial charge in [-0.25, -0.2) is 4.79 Å². The molecule has 1 aliphatic heterocycles. The molecule has 0 spiro atoms. The molecule has 0 aromatic carbocycles. The van der Waals surface area contributed by atoms with E-state index in [1.807, 2.05) is 27.8 Å². The Labute approximate surface area is 121 Å². The number of urea groups is 1. The molecule has 0 aliphatic carbocycles. The first-order valence-electron chi connectivity index (χ1n) is 7.13. The van der Waals surface area contributed by atoms with Crippen molar-refractivity contribution in [3.8, 4) is 0 Å². The lowest BCUT2D eigenvalue weighted by Gasteiger charge is -2.34. The first-order chi connectivity index (χ1) is 9.17. The van der Waals surface area contributed by atoms with Crippen LogP contribution in [0.5, 0.6) is 0 Å². The summed E-state index contributed by atoms with van der Waals surface area (Å²) in [6.45, 7) is 9.24. The molecule has 20 heavy (non-hydrogen) atoms. The fraction of sp³-hybridized carbons (Fsp3) is 0.857. The van der Waals surface area contributed by atoms with E-state index in [-0.39, 0.29) is 23.9 Å². The summed E-state index contributed by atoms with van der Waals surface area (Å²) in [5.41, 5.74) is -0.0183. The van der Waals surface area contributed by atoms with Crippen LogP contribution in [0.25, 0.3) is 0 Å². The highest BCUT2D eigenvalue weighted by Crippen LogP contribution is 2.22. The first kappa shape index (κ1) is 16.8. The zero-order valence-electron chi connectivity index (χ0n) is 13.0. The molecular weight excluding hydrogens is 258 g/mol. The van der Waals surface area contributed by atoms with E-state index in [0.29, 0.717) is 19.5 Å². The van der Waals surface area contributed by atoms with E-state index in [1.165, 1.54) is 0 Å². The van der Waals surface area contributed by atoms with Gasteiger partial charge in [0.1, 0.15) is 0 Å². The summed E-state index contributed by atoms with van der Waals surface area (Å²) < 4.78 is 0. The van der Waals surface area contributed by atoms with Gasteiger partial charge in [-0.3, -0.25) is 4.79 Å². The smallest absolute Gasteiger partial charge is 0.317 e. The minimum Gasteiger partial charge on any atom is -0.481 e. The molecule has 2 N–H and O–H groups in total. The van der Waals surface area contributed by atoms with Crippen LogP contribution in [0.15, 0.2) is 0 Å². The van der Waals surface area contributed by atoms with E-state index in [1.54, 1.807) is 4.90 Å². The number of carbonyl (C=O) groups is 2. The summed E-state index contributed by atoms with van der Waals surface area (Å²) in [6, 6.07) is -0.465. The third kappa shape index (κ3) is 6.23. The maximum Gasteiger partial charge on any atom is 0.317 e. The van der Waals surface area contributed by atoms with Crippen molar-refractivity contribution in [3.05, 3.63) is 0 Å². The Kier molecular flexibility index (Phi) is 5.80. The summed E-state index contributed by atoms with van der Waals surface area (Å²) in [6.07, 6.45) is 0.621. The van der Waals surface area contributed by atoms with E-state index in [9.17, 15) is 9.59 Å². The molecule has 0 aromatic rings. The molecule has 1 saturated heterocycles. The third-order valence-corrected chi connectivity index (χ3v) is 3.40. The van der Waals surface area contributed by atoms with E-state index >= 15 is 0 Å². The van der Waals surface area contributed by atoms with Crippen molar-refractivity contribution < 1.29 is 14.7 Å². The van der Waals surface area contributed by atoms with Gasteiger partial charge in [0.25, 0.3) is 0 Å². The molecule has 6 nitrogen and oxygen atoms in total. The average molecular weight is 285 g/mol. The van der Waals surface area contributed by atoms with Crippen molar-refractivity contribution in [2.75, 3.05) is 33.2 Å². The zero-order chi connectivity index (χ0) is 15.3. The molecule has 1 aliphatic rings. The second kappa shape index (κ2) is 6.92. The predicted molar refractivity (Wildman–Crippen MR) is 77.7 cm³/mol. The van der Waals surface area contributed by atoms with Gasteiger partial charge in [-0.05, 0) is 18.9 Å². The second-order valence-electron chi connectivity index (χ2n) is 6.80. The summed E-state index contributed by atoms with van der Waals surface area (Å²) in [7, 11) is 2.03. The average Bonchev–Trinajstić information content (AvgIpc) is 2.26. The van der Waals surface area contributed by atoms with Crippen molar-refractivity contribution in [3.63, 3.8) is 0 Å². The van der Waals surface area contributed by atoms with E-state index in [0.717, 1.165) is 13.1 Å². The van der Waals surface area contributed by atoms with Crippen LogP contribution < -0.4 is 5.32 Å². The van der Waals surface area contributed by atoms with Crippen LogP contribution in [0.4, 0.5) is 4.79 Å². The van der Waals surface area contributed by atoms with Crippen molar-refractivity contribution >= 4 is 12.0 Å². The summed E-state index contributed by atoms with van der Waals surface area (Å²) >= 11 is 0. The summed E-state index contributed by atoms with van der Waals surface area (Å²) in [5.74, 6) is -0.877. The maximum atomic E-state index is 12.2. The lowest BCUT2D eigenvalue weighted by Crippen LogP contribution is -2.53. The molecule has 0 aromatic heterocycles. The normalized spacial score (nSPS) is 18.7. The Morgan fingerprint density at radius 2 is 1.75 bits per heavy atom. The Morgan fingerprint density at radius 1 is 1.20 bits per heavy atom. The summed E-state index contributed by atoms with van der Waals surface area (Å²) in [4.78, 5) is 27.0. The van der Waals surface area contributed by atoms with Gasteiger partial charge < -0.3 is 20.2 Å². The third-order valence-electron chi connectivity index (χ3n) is 3.40. The van der Waals surface area contributed by atoms with Gasteiger partial charge in [0, 0.05) is 32.2 Å². The van der Waals surface area contributed by atoms with Crippen molar-refractivity contribution in [1.29, 1.82) is 0 Å². The Bertz CT molecular complexity index is 344. The van der Waals surface area contributed by atoms with Gasteiger partial charge in [-0.15, -0.1) is 0 Å². The standard InChI is InChI=1S/C14H27N3O3/c1-14(2,3)10-11(9-12(18)19)15-13(20)17-7-5-16(4)6-8-17/h11H,5-10H2,1-4H3,(H,15,20)(H,18,19). The highest BCUT2D eigenvalue weighted by Gasteiger charge is 2.26. The van der Waals surface area contributed by atoms with Crippen LogP contribution in [-0.4, -0.2) is 66.2 Å². The molecule has 1 rings (SSSR count). The number of nitrogens with one attached hydrogen (secondary N) is 1. The molecule has 0 saturated carbocycles. The number of hydrogen-bond acceptors (Lipinski definition) is 3. The largest absolute Gasteiger partial charge is 0.481 e. The van der Waals surface area contributed by atoms with E-state index < -0.39 is 5.97 Å². The highest BCUT2D eigenvalue weighted by molar-refractivity contribution is 5.76. The zero-order valence-corrected chi connectivity index (χ0v) is 13.0. The van der Waals surface area contributed by atoms with Crippen LogP contribution >= 0.6 is 0 Å². The minimum atomic E-state index is -0.877. The lowest BCUT2D eigenvalue weighted by atomic mass is 9.87. The van der Waals surface area contributed by atoms with Crippen LogP contribution in [0.2, 0.25) is 0 Å². The molecule has 0 radical (unpaired) electrons. The van der Waals surface area contributed by atoms with Gasteiger partial charge in [0.2, 0.25) is 0 Å². The minimum absolute atomic E-state index is 0.0183. The molecule has 1 heterocycles. The van der Waals surface area contributed by atoms with Crippen LogP contribution in [-0.2, 0) is 4.79 Å². The quantitative estimate of drug-likeness (QED) is 0.814. The van der Waals surface area contributed by atoms with Crippen LogP contribution in [0, 0.1) is 5.41 Å². The predicted octanol–water partition coefficient (Wildman–Crippen LogP) is 1.22. The molecule has 0 bridgehead atoms. The number of amides is 2. The maximum absolute atomic E-state index is 12.2. The van der Waals surface area contributed by atoms with E-state index in [4.69, 9.17) is 5.11 Å². The number of nitrogens with zero attached hydrogens (tertiary/aromatic N) is 2. The van der Waals surface area contributed by atoms with Gasteiger partial charge in [-0.2, -0.15) is 0 Å². The number of aliphatic carboxylic acids is 1. The molecule has 1 atom stereocenters. The Hall–Kier alpha value is -1.30. The van der Waals surface area contributed by atoms with E-state index in [2.05, 4.69) is 10.2 Å². The number of carbonyl (C=O) groups excluding carboxylic acids is 1. The molecule has 1 unspecified atom stereocenters. The lowest BCUT2D eigenvalue weighted by molar-refractivity contribution is -0.137. The van der Waals surface area contributed by atoms with Gasteiger partial charge >= 0.3 is 12.0 Å². The SMILES string of the molecule is CN1CCN(C(=O)NC(CC(=O)O)CC(C)(C)C)CC1. The number of carboxylic acid groups (broad SMARTS) is 1. The molecular formula is C14H27N3O3. The number of carboxylic acids is 1. The van der Waals surface area contributed by atoms with Gasteiger partial charge in [0.15, 0.2) is 0 Å². The van der Waals surface area contributed by atoms with Crippen molar-refractivity contribution in [1.82, 2.24) is 15.1 Å². The summed E-state index contributed by atoms with van der Waals surface area (Å²) in [5, 5.41) is 11.8. The molecule has 6 heteroatoms. The molecule has 2 amide bonds. The first-order valence-corrected chi connectivity index (χ1v) is 7.13. The van der Waals surface area contributed by atoms with Gasteiger partial charge in [0.05, 0.1) is 6.42 Å². The Morgan fingerprint density at radius 3 is 2.20 bits per heavy atom. The molecule has 1 fully saturated rings. The highest BCUT2D eigenvalue weighted by atomic mass is 16.4. The number of likely N-dealkylation sites (N-methyl/N-ethyl adjacent to an activating group) is 1. The van der Waals surface area contributed by atoms with Crippen LogP contribution in [0.1, 0.15) is 33.6 Å². The van der Waals surface area contributed by atoms with Crippen molar-refractivity contribution in [2.45, 2.75) is 39.7 Å². The monoisotopic (exact) mass is 285 g/mol. The topological polar surface area (TPSA) is 72.9 Å². The van der Waals surface area contributed by atoms with Crippen molar-refractivity contribution in [2.24, 2.45) is 5.41 Å². The Balaban J connectivity index is 2.55. The molecule has 116 valence electrons. The second-order valence-corrected chi connectivity index (χ2v) is 6.80. The van der Waals surface area contributed by atoms with Gasteiger partial charge in [-0.1, -0.05) is 20.8 Å². The number of piperazine rings is 1. The van der Waals surface area contributed by atoms with Crippen LogP contribution in [0.3, 0.4) is 0 Å². The fourth-order valence-corrected chi connectivity index (χ4v) is 2.40.